The van der Waals surface area contributed by atoms with Crippen LogP contribution in [0.25, 0.3) is 0 Å². The van der Waals surface area contributed by atoms with Crippen molar-refractivity contribution in [3.8, 4) is 5.75 Å². The Hall–Kier alpha value is -1.10. The molecule has 0 saturated carbocycles. The molecule has 4 nitrogen and oxygen atoms in total. The fourth-order valence-corrected chi connectivity index (χ4v) is 3.21. The molecular formula is C18H29NO3. The molecule has 2 atom stereocenters. The highest BCUT2D eigenvalue weighted by Crippen LogP contribution is 2.31. The van der Waals surface area contributed by atoms with Gasteiger partial charge in [0.2, 0.25) is 0 Å². The molecule has 0 aromatic heterocycles. The van der Waals surface area contributed by atoms with Crippen molar-refractivity contribution in [2.75, 3.05) is 26.3 Å². The largest absolute Gasteiger partial charge is 0.494 e. The molecule has 0 amide bonds. The monoisotopic (exact) mass is 307 g/mol. The van der Waals surface area contributed by atoms with Gasteiger partial charge in [-0.2, -0.15) is 0 Å². The van der Waals surface area contributed by atoms with Gasteiger partial charge in [0, 0.05) is 19.5 Å². The molecule has 1 fully saturated rings. The summed E-state index contributed by atoms with van der Waals surface area (Å²) in [5, 5.41) is 14.7. The van der Waals surface area contributed by atoms with Gasteiger partial charge >= 0.3 is 0 Å². The molecule has 1 aromatic rings. The van der Waals surface area contributed by atoms with Crippen molar-refractivity contribution < 1.29 is 14.6 Å². The summed E-state index contributed by atoms with van der Waals surface area (Å²) in [5.41, 5.74) is 0.163. The molecule has 0 radical (unpaired) electrons. The Morgan fingerprint density at radius 2 is 2.18 bits per heavy atom. The van der Waals surface area contributed by atoms with E-state index in [2.05, 4.69) is 19.2 Å². The number of hydrogen-bond acceptors (Lipinski definition) is 4. The maximum absolute atomic E-state index is 11.3. The van der Waals surface area contributed by atoms with Gasteiger partial charge in [0.1, 0.15) is 5.75 Å². The third-order valence-corrected chi connectivity index (χ3v) is 4.06. The van der Waals surface area contributed by atoms with E-state index < -0.39 is 5.60 Å². The second-order valence-electron chi connectivity index (χ2n) is 6.48. The predicted octanol–water partition coefficient (Wildman–Crippen LogP) is 2.39. The van der Waals surface area contributed by atoms with Crippen LogP contribution in [0.1, 0.15) is 32.8 Å². The van der Waals surface area contributed by atoms with Crippen molar-refractivity contribution in [1.82, 2.24) is 5.32 Å². The van der Waals surface area contributed by atoms with Crippen LogP contribution in [0, 0.1) is 5.92 Å². The maximum atomic E-state index is 11.3. The van der Waals surface area contributed by atoms with Crippen molar-refractivity contribution >= 4 is 0 Å². The van der Waals surface area contributed by atoms with E-state index in [0.29, 0.717) is 38.5 Å². The predicted molar refractivity (Wildman–Crippen MR) is 88.3 cm³/mol. The molecule has 1 saturated heterocycles. The summed E-state index contributed by atoms with van der Waals surface area (Å²) in [6, 6.07) is 7.96. The Balaban J connectivity index is 2.22. The Labute approximate surface area is 133 Å². The lowest BCUT2D eigenvalue weighted by Gasteiger charge is -2.40. The van der Waals surface area contributed by atoms with E-state index in [-0.39, 0.29) is 6.10 Å². The summed E-state index contributed by atoms with van der Waals surface area (Å²) in [5.74, 6) is 1.26. The maximum Gasteiger partial charge on any atom is 0.122 e. The van der Waals surface area contributed by atoms with Crippen LogP contribution in [-0.2, 0) is 11.2 Å². The van der Waals surface area contributed by atoms with E-state index >= 15 is 0 Å². The van der Waals surface area contributed by atoms with Gasteiger partial charge < -0.3 is 19.9 Å². The summed E-state index contributed by atoms with van der Waals surface area (Å²) in [4.78, 5) is 0. The highest BCUT2D eigenvalue weighted by molar-refractivity contribution is 5.34. The molecule has 0 spiro atoms. The van der Waals surface area contributed by atoms with Crippen LogP contribution in [0.5, 0.6) is 5.75 Å². The zero-order valence-corrected chi connectivity index (χ0v) is 14.0. The molecule has 22 heavy (non-hydrogen) atoms. The van der Waals surface area contributed by atoms with Gasteiger partial charge in [-0.3, -0.25) is 0 Å². The first-order valence-electron chi connectivity index (χ1n) is 8.30. The van der Waals surface area contributed by atoms with E-state index in [1.807, 2.05) is 31.2 Å². The second-order valence-corrected chi connectivity index (χ2v) is 6.48. The number of rotatable bonds is 7. The number of hydrogen-bond donors (Lipinski definition) is 2. The van der Waals surface area contributed by atoms with Crippen molar-refractivity contribution in [3.63, 3.8) is 0 Å². The Morgan fingerprint density at radius 1 is 1.41 bits per heavy atom. The number of morpholine rings is 1. The SMILES string of the molecule is CCOc1ccccc1CC(O)(CC(C)C)C1CNCCO1. The molecule has 1 aliphatic rings. The van der Waals surface area contributed by atoms with E-state index in [1.54, 1.807) is 0 Å². The van der Waals surface area contributed by atoms with E-state index in [4.69, 9.17) is 9.47 Å². The van der Waals surface area contributed by atoms with Crippen molar-refractivity contribution in [1.29, 1.82) is 0 Å². The summed E-state index contributed by atoms with van der Waals surface area (Å²) < 4.78 is 11.6. The van der Waals surface area contributed by atoms with Crippen LogP contribution < -0.4 is 10.1 Å². The Kier molecular flexibility index (Phi) is 6.24. The van der Waals surface area contributed by atoms with Gasteiger partial charge in [-0.15, -0.1) is 0 Å². The summed E-state index contributed by atoms with van der Waals surface area (Å²) in [7, 11) is 0. The molecule has 2 N–H and O–H groups in total. The summed E-state index contributed by atoms with van der Waals surface area (Å²) >= 11 is 0. The van der Waals surface area contributed by atoms with Crippen LogP contribution in [0.15, 0.2) is 24.3 Å². The van der Waals surface area contributed by atoms with Gasteiger partial charge in [0.05, 0.1) is 24.9 Å². The topological polar surface area (TPSA) is 50.7 Å². The van der Waals surface area contributed by atoms with Crippen LogP contribution in [0.2, 0.25) is 0 Å². The van der Waals surface area contributed by atoms with Gasteiger partial charge in [0.15, 0.2) is 0 Å². The van der Waals surface area contributed by atoms with Gasteiger partial charge in [-0.25, -0.2) is 0 Å². The second kappa shape index (κ2) is 7.95. The Morgan fingerprint density at radius 3 is 2.82 bits per heavy atom. The van der Waals surface area contributed by atoms with Crippen molar-refractivity contribution in [3.05, 3.63) is 29.8 Å². The van der Waals surface area contributed by atoms with Crippen LogP contribution in [0.3, 0.4) is 0 Å². The lowest BCUT2D eigenvalue weighted by Crippen LogP contribution is -2.55. The minimum absolute atomic E-state index is 0.182. The first kappa shape index (κ1) is 17.3. The molecule has 1 aliphatic heterocycles. The van der Waals surface area contributed by atoms with Crippen LogP contribution in [-0.4, -0.2) is 43.1 Å². The van der Waals surface area contributed by atoms with E-state index in [1.165, 1.54) is 0 Å². The Bertz CT molecular complexity index is 457. The van der Waals surface area contributed by atoms with Gasteiger partial charge in [0.25, 0.3) is 0 Å². The van der Waals surface area contributed by atoms with Gasteiger partial charge in [-0.05, 0) is 30.9 Å². The van der Waals surface area contributed by atoms with Gasteiger partial charge in [-0.1, -0.05) is 32.0 Å². The smallest absolute Gasteiger partial charge is 0.122 e. The van der Waals surface area contributed by atoms with Crippen LogP contribution >= 0.6 is 0 Å². The molecule has 2 rings (SSSR count). The summed E-state index contributed by atoms with van der Waals surface area (Å²) in [6.07, 6.45) is 1.08. The standard InChI is InChI=1S/C18H29NO3/c1-4-21-16-8-6-5-7-15(16)12-18(20,11-14(2)3)17-13-19-9-10-22-17/h5-8,14,17,19-20H,4,9-13H2,1-3H3. The minimum Gasteiger partial charge on any atom is -0.494 e. The highest BCUT2D eigenvalue weighted by Gasteiger charge is 2.39. The number of aliphatic hydroxyl groups is 1. The summed E-state index contributed by atoms with van der Waals surface area (Å²) in [6.45, 7) is 9.07. The first-order valence-corrected chi connectivity index (χ1v) is 8.30. The third kappa shape index (κ3) is 4.45. The van der Waals surface area contributed by atoms with E-state index in [9.17, 15) is 5.11 Å². The van der Waals surface area contributed by atoms with Crippen LogP contribution in [0.4, 0.5) is 0 Å². The zero-order valence-electron chi connectivity index (χ0n) is 14.0. The lowest BCUT2D eigenvalue weighted by atomic mass is 9.81. The molecule has 1 heterocycles. The first-order chi connectivity index (χ1) is 10.5. The molecule has 0 bridgehead atoms. The molecule has 1 aromatic carbocycles. The zero-order chi connectivity index (χ0) is 16.0. The third-order valence-electron chi connectivity index (χ3n) is 4.06. The number of ether oxygens (including phenoxy) is 2. The lowest BCUT2D eigenvalue weighted by molar-refractivity contribution is -0.127. The molecular weight excluding hydrogens is 278 g/mol. The molecule has 2 unspecified atom stereocenters. The molecule has 124 valence electrons. The number of nitrogens with one attached hydrogen (secondary N) is 1. The quantitative estimate of drug-likeness (QED) is 0.812. The minimum atomic E-state index is -0.880. The fraction of sp³-hybridized carbons (Fsp3) is 0.667. The highest BCUT2D eigenvalue weighted by atomic mass is 16.5. The normalized spacial score (nSPS) is 21.6. The van der Waals surface area contributed by atoms with E-state index in [0.717, 1.165) is 17.9 Å². The number of benzene rings is 1. The molecule has 0 aliphatic carbocycles. The average molecular weight is 307 g/mol. The average Bonchev–Trinajstić information content (AvgIpc) is 2.50. The number of para-hydroxylation sites is 1. The van der Waals surface area contributed by atoms with Crippen molar-refractivity contribution in [2.45, 2.75) is 45.3 Å². The van der Waals surface area contributed by atoms with Crippen molar-refractivity contribution in [2.24, 2.45) is 5.92 Å². The molecule has 4 heteroatoms. The fourth-order valence-electron chi connectivity index (χ4n) is 3.21.